The van der Waals surface area contributed by atoms with Crippen LogP contribution in [0.2, 0.25) is 0 Å². The first-order chi connectivity index (χ1) is 7.02. The third-order valence-corrected chi connectivity index (χ3v) is 2.26. The molecule has 0 aliphatic heterocycles. The number of unbranched alkanes of at least 4 members (excludes halogenated alkanes) is 1. The molecule has 0 spiro atoms. The molecule has 92 valence electrons. The fourth-order valence-electron chi connectivity index (χ4n) is 1.36. The molecule has 2 unspecified atom stereocenters. The quantitative estimate of drug-likeness (QED) is 0.341. The molecule has 0 rings (SSSR count). The van der Waals surface area contributed by atoms with E-state index in [0.29, 0.717) is 6.42 Å². The number of hydrogen-bond acceptors (Lipinski definition) is 4. The van der Waals surface area contributed by atoms with Crippen molar-refractivity contribution < 1.29 is 10.2 Å². The number of rotatable bonds is 9. The summed E-state index contributed by atoms with van der Waals surface area (Å²) in [5.74, 6) is 0. The summed E-state index contributed by atoms with van der Waals surface area (Å²) in [6.45, 7) is 7.38. The number of aliphatic hydroxyl groups excluding tert-OH is 1. The van der Waals surface area contributed by atoms with Crippen molar-refractivity contribution in [3.8, 4) is 0 Å². The van der Waals surface area contributed by atoms with Gasteiger partial charge in [-0.1, -0.05) is 20.3 Å². The van der Waals surface area contributed by atoms with E-state index < -0.39 is 12.0 Å². The van der Waals surface area contributed by atoms with Gasteiger partial charge >= 0.3 is 0 Å². The third kappa shape index (κ3) is 8.81. The van der Waals surface area contributed by atoms with Crippen molar-refractivity contribution in [3.63, 3.8) is 0 Å². The van der Waals surface area contributed by atoms with Crippen LogP contribution >= 0.6 is 0 Å². The van der Waals surface area contributed by atoms with Crippen LogP contribution in [-0.4, -0.2) is 35.3 Å². The maximum Gasteiger partial charge on any atom is 0.117 e. The fraction of sp³-hybridized carbons (Fsp3) is 1.00. The van der Waals surface area contributed by atoms with Gasteiger partial charge in [0.05, 0.1) is 0 Å². The van der Waals surface area contributed by atoms with Gasteiger partial charge < -0.3 is 10.2 Å². The van der Waals surface area contributed by atoms with E-state index in [1.165, 1.54) is 0 Å². The lowest BCUT2D eigenvalue weighted by Gasteiger charge is -2.27. The van der Waals surface area contributed by atoms with Gasteiger partial charge in [0, 0.05) is 6.42 Å². The van der Waals surface area contributed by atoms with Crippen LogP contribution in [0.15, 0.2) is 0 Å². The first-order valence-corrected chi connectivity index (χ1v) is 5.90. The van der Waals surface area contributed by atoms with Gasteiger partial charge in [-0.05, 0) is 32.9 Å². The molecule has 0 amide bonds. The summed E-state index contributed by atoms with van der Waals surface area (Å²) in [5.41, 5.74) is -0.991. The Morgan fingerprint density at radius 2 is 1.87 bits per heavy atom. The van der Waals surface area contributed by atoms with E-state index in [9.17, 15) is 10.2 Å². The molecule has 0 aromatic rings. The van der Waals surface area contributed by atoms with Crippen LogP contribution in [0.5, 0.6) is 0 Å². The Hall–Kier alpha value is -0.160. The Balaban J connectivity index is 3.67. The van der Waals surface area contributed by atoms with Crippen LogP contribution in [0.1, 0.15) is 46.5 Å². The molecule has 0 radical (unpaired) electrons. The summed E-state index contributed by atoms with van der Waals surface area (Å²) in [6.07, 6.45) is 2.77. The first kappa shape index (κ1) is 14.8. The van der Waals surface area contributed by atoms with Crippen LogP contribution < -0.4 is 10.6 Å². The minimum absolute atomic E-state index is 0.302. The molecule has 4 heteroatoms. The molecule has 0 aromatic heterocycles. The van der Waals surface area contributed by atoms with Gasteiger partial charge in [-0.2, -0.15) is 0 Å². The molecule has 0 aliphatic rings. The Bertz CT molecular complexity index is 152. The summed E-state index contributed by atoms with van der Waals surface area (Å²) in [6, 6.07) is 0. The minimum atomic E-state index is -0.991. The standard InChI is InChI=1S/C11H26N2O2/c1-4-6-8-12-10(14)9-11(3,15)13-7-5-2/h10,12-15H,4-9H2,1-3H3. The van der Waals surface area contributed by atoms with Gasteiger partial charge in [-0.3, -0.25) is 10.6 Å². The van der Waals surface area contributed by atoms with Gasteiger partial charge in [0.15, 0.2) is 0 Å². The van der Waals surface area contributed by atoms with Gasteiger partial charge in [-0.15, -0.1) is 0 Å². The van der Waals surface area contributed by atoms with Gasteiger partial charge in [0.1, 0.15) is 12.0 Å². The molecule has 0 aromatic carbocycles. The van der Waals surface area contributed by atoms with E-state index in [0.717, 1.165) is 32.4 Å². The SMILES string of the molecule is CCCCNC(O)CC(C)(O)NCCC. The Morgan fingerprint density at radius 1 is 1.20 bits per heavy atom. The molecule has 4 nitrogen and oxygen atoms in total. The van der Waals surface area contributed by atoms with E-state index in [1.54, 1.807) is 6.92 Å². The van der Waals surface area contributed by atoms with Gasteiger partial charge in [-0.25, -0.2) is 0 Å². The molecule has 0 aliphatic carbocycles. The lowest BCUT2D eigenvalue weighted by molar-refractivity contribution is -0.0310. The Morgan fingerprint density at radius 3 is 2.40 bits per heavy atom. The molecule has 0 fully saturated rings. The first-order valence-electron chi connectivity index (χ1n) is 5.90. The van der Waals surface area contributed by atoms with Crippen LogP contribution in [0.3, 0.4) is 0 Å². The van der Waals surface area contributed by atoms with Crippen molar-refractivity contribution in [1.29, 1.82) is 0 Å². The van der Waals surface area contributed by atoms with E-state index in [4.69, 9.17) is 0 Å². The van der Waals surface area contributed by atoms with Crippen molar-refractivity contribution in [2.75, 3.05) is 13.1 Å². The third-order valence-electron chi connectivity index (χ3n) is 2.26. The molecule has 4 N–H and O–H groups in total. The van der Waals surface area contributed by atoms with Crippen molar-refractivity contribution in [3.05, 3.63) is 0 Å². The van der Waals surface area contributed by atoms with E-state index in [1.807, 2.05) is 6.92 Å². The Labute approximate surface area is 93.1 Å². The zero-order valence-electron chi connectivity index (χ0n) is 10.2. The Kier molecular flexibility index (Phi) is 7.96. The van der Waals surface area contributed by atoms with E-state index in [-0.39, 0.29) is 0 Å². The zero-order valence-corrected chi connectivity index (χ0v) is 10.2. The summed E-state index contributed by atoms with van der Waals surface area (Å²) in [4.78, 5) is 0. The molecule has 2 atom stereocenters. The second-order valence-electron chi connectivity index (χ2n) is 4.23. The highest BCUT2D eigenvalue weighted by atomic mass is 16.3. The predicted octanol–water partition coefficient (Wildman–Crippen LogP) is 0.793. The van der Waals surface area contributed by atoms with Crippen molar-refractivity contribution in [2.24, 2.45) is 0 Å². The number of aliphatic hydroxyl groups is 2. The summed E-state index contributed by atoms with van der Waals surface area (Å²) in [5, 5.41) is 25.4. The van der Waals surface area contributed by atoms with E-state index >= 15 is 0 Å². The lowest BCUT2D eigenvalue weighted by atomic mass is 10.1. The topological polar surface area (TPSA) is 64.5 Å². The van der Waals surface area contributed by atoms with Crippen molar-refractivity contribution in [1.82, 2.24) is 10.6 Å². The molecule has 0 saturated heterocycles. The fourth-order valence-corrected chi connectivity index (χ4v) is 1.36. The van der Waals surface area contributed by atoms with Crippen molar-refractivity contribution in [2.45, 2.75) is 58.4 Å². The molecule has 0 saturated carbocycles. The smallest absolute Gasteiger partial charge is 0.117 e. The molecular weight excluding hydrogens is 192 g/mol. The summed E-state index contributed by atoms with van der Waals surface area (Å²) >= 11 is 0. The van der Waals surface area contributed by atoms with E-state index in [2.05, 4.69) is 17.6 Å². The molecule has 15 heavy (non-hydrogen) atoms. The van der Waals surface area contributed by atoms with Crippen LogP contribution in [-0.2, 0) is 0 Å². The molecule has 0 heterocycles. The zero-order chi connectivity index (χ0) is 11.7. The monoisotopic (exact) mass is 218 g/mol. The minimum Gasteiger partial charge on any atom is -0.378 e. The predicted molar refractivity (Wildman–Crippen MR) is 62.5 cm³/mol. The second kappa shape index (κ2) is 8.05. The maximum absolute atomic E-state index is 9.86. The van der Waals surface area contributed by atoms with Crippen molar-refractivity contribution >= 4 is 0 Å². The average molecular weight is 218 g/mol. The van der Waals surface area contributed by atoms with Crippen LogP contribution in [0.25, 0.3) is 0 Å². The average Bonchev–Trinajstić information content (AvgIpc) is 2.14. The lowest BCUT2D eigenvalue weighted by Crippen LogP contribution is -2.48. The summed E-state index contributed by atoms with van der Waals surface area (Å²) in [7, 11) is 0. The highest BCUT2D eigenvalue weighted by Crippen LogP contribution is 2.07. The molecule has 0 bridgehead atoms. The van der Waals surface area contributed by atoms with Crippen LogP contribution in [0.4, 0.5) is 0 Å². The van der Waals surface area contributed by atoms with Gasteiger partial charge in [0.2, 0.25) is 0 Å². The largest absolute Gasteiger partial charge is 0.378 e. The highest BCUT2D eigenvalue weighted by Gasteiger charge is 2.22. The number of hydrogen-bond donors (Lipinski definition) is 4. The molecular formula is C11H26N2O2. The van der Waals surface area contributed by atoms with Crippen LogP contribution in [0, 0.1) is 0 Å². The maximum atomic E-state index is 9.86. The van der Waals surface area contributed by atoms with Gasteiger partial charge in [0.25, 0.3) is 0 Å². The second-order valence-corrected chi connectivity index (χ2v) is 4.23. The highest BCUT2D eigenvalue weighted by molar-refractivity contribution is 4.72. The summed E-state index contributed by atoms with van der Waals surface area (Å²) < 4.78 is 0. The normalized spacial score (nSPS) is 17.4. The number of nitrogens with one attached hydrogen (secondary N) is 2.